The van der Waals surface area contributed by atoms with Gasteiger partial charge in [-0.25, -0.2) is 0 Å². The quantitative estimate of drug-likeness (QED) is 0.179. The van der Waals surface area contributed by atoms with Crippen LogP contribution in [0.4, 0.5) is 0 Å². The van der Waals surface area contributed by atoms with Crippen LogP contribution >= 0.6 is 0 Å². The highest BCUT2D eigenvalue weighted by Gasteiger charge is 2.49. The largest absolute Gasteiger partial charge is 0.545 e. The molecule has 3 aromatic rings. The highest BCUT2D eigenvalue weighted by Crippen LogP contribution is 2.41. The van der Waals surface area contributed by atoms with Crippen LogP contribution in [0.15, 0.2) is 103 Å². The summed E-state index contributed by atoms with van der Waals surface area (Å²) in [4.78, 5) is 0. The van der Waals surface area contributed by atoms with E-state index in [1.54, 1.807) is 0 Å². The number of ether oxygens (including phenoxy) is 3. The van der Waals surface area contributed by atoms with Crippen LogP contribution < -0.4 is 0 Å². The summed E-state index contributed by atoms with van der Waals surface area (Å²) in [6, 6.07) is 30.8. The first-order valence-electron chi connectivity index (χ1n) is 15.4. The summed E-state index contributed by atoms with van der Waals surface area (Å²) in [6.07, 6.45) is 0.447. The van der Waals surface area contributed by atoms with Gasteiger partial charge in [-0.1, -0.05) is 112 Å². The van der Waals surface area contributed by atoms with Gasteiger partial charge in [0.1, 0.15) is 24.1 Å². The second-order valence-electron chi connectivity index (χ2n) is 13.9. The SMILES string of the molecule is CC(C)(C)[Si](C)(C)O[C@H]1C=C(O[Si](C)(C)C)[C@@H](OCc2ccccc2)[C@H](OCc2ccccc2)[C@H]1OCc1ccccc1. The van der Waals surface area contributed by atoms with Crippen molar-refractivity contribution < 1.29 is 23.1 Å². The molecule has 1 aliphatic carbocycles. The fraction of sp³-hybridized carbons (Fsp3) is 0.444. The molecular weight excluding hydrogens is 569 g/mol. The Kier molecular flexibility index (Phi) is 11.3. The predicted molar refractivity (Wildman–Crippen MR) is 180 cm³/mol. The summed E-state index contributed by atoms with van der Waals surface area (Å²) in [5.74, 6) is 0.788. The minimum atomic E-state index is -2.21. The van der Waals surface area contributed by atoms with E-state index in [-0.39, 0.29) is 11.1 Å². The minimum absolute atomic E-state index is 0.0195. The fourth-order valence-electron chi connectivity index (χ4n) is 4.78. The topological polar surface area (TPSA) is 46.2 Å². The lowest BCUT2D eigenvalue weighted by atomic mass is 9.93. The van der Waals surface area contributed by atoms with E-state index >= 15 is 0 Å². The maximum atomic E-state index is 7.12. The molecule has 7 heteroatoms. The van der Waals surface area contributed by atoms with Gasteiger partial charge in [0.25, 0.3) is 0 Å². The summed E-state index contributed by atoms with van der Waals surface area (Å²) >= 11 is 0. The lowest BCUT2D eigenvalue weighted by Gasteiger charge is -2.46. The first kappa shape index (κ1) is 33.4. The monoisotopic (exact) mass is 618 g/mol. The van der Waals surface area contributed by atoms with Gasteiger partial charge in [-0.15, -0.1) is 0 Å². The standard InChI is InChI=1S/C36H50O5Si2/c1-36(2,3)43(7,8)41-32-24-31(40-42(4,5)6)33(37-25-28-18-12-9-13-19-28)35(39-27-30-22-16-11-17-23-30)34(32)38-26-29-20-14-10-15-21-29/h9-24,32-35H,25-27H2,1-8H3/t32-,33+,34-,35-/m0/s1. The van der Waals surface area contributed by atoms with Crippen LogP contribution in [0.25, 0.3) is 0 Å². The molecule has 0 saturated heterocycles. The highest BCUT2D eigenvalue weighted by atomic mass is 28.4. The van der Waals surface area contributed by atoms with Gasteiger partial charge >= 0.3 is 0 Å². The van der Waals surface area contributed by atoms with Gasteiger partial charge < -0.3 is 23.1 Å². The lowest BCUT2D eigenvalue weighted by molar-refractivity contribution is -0.175. The van der Waals surface area contributed by atoms with Crippen molar-refractivity contribution in [2.45, 2.75) is 103 Å². The van der Waals surface area contributed by atoms with Gasteiger partial charge in [0, 0.05) is 0 Å². The zero-order valence-corrected chi connectivity index (χ0v) is 29.2. The molecule has 0 radical (unpaired) electrons. The third-order valence-electron chi connectivity index (χ3n) is 8.06. The zero-order chi connectivity index (χ0) is 31.1. The van der Waals surface area contributed by atoms with E-state index in [2.05, 4.69) is 96.0 Å². The smallest absolute Gasteiger partial charge is 0.241 e. The lowest BCUT2D eigenvalue weighted by Crippen LogP contribution is -2.57. The van der Waals surface area contributed by atoms with Gasteiger partial charge in [-0.05, 0) is 60.5 Å². The molecule has 0 spiro atoms. The molecule has 0 saturated carbocycles. The molecule has 0 amide bonds. The maximum absolute atomic E-state index is 7.12. The van der Waals surface area contributed by atoms with Crippen molar-refractivity contribution in [3.63, 3.8) is 0 Å². The molecule has 3 aromatic carbocycles. The number of benzene rings is 3. The van der Waals surface area contributed by atoms with E-state index in [1.807, 2.05) is 54.6 Å². The Labute approximate surface area is 261 Å². The van der Waals surface area contributed by atoms with Gasteiger partial charge in [-0.2, -0.15) is 0 Å². The molecule has 232 valence electrons. The first-order chi connectivity index (χ1) is 20.3. The van der Waals surface area contributed by atoms with Crippen LogP contribution in [0.5, 0.6) is 0 Å². The van der Waals surface area contributed by atoms with Crippen LogP contribution in [0.2, 0.25) is 37.8 Å². The predicted octanol–water partition coefficient (Wildman–Crippen LogP) is 8.88. The maximum Gasteiger partial charge on any atom is 0.241 e. The molecule has 4 rings (SSSR count). The second-order valence-corrected chi connectivity index (χ2v) is 23.1. The van der Waals surface area contributed by atoms with Crippen LogP contribution in [-0.4, -0.2) is 41.1 Å². The Balaban J connectivity index is 1.76. The van der Waals surface area contributed by atoms with E-state index in [4.69, 9.17) is 23.1 Å². The number of rotatable bonds is 13. The normalized spacial score (nSPS) is 21.3. The van der Waals surface area contributed by atoms with Crippen molar-refractivity contribution in [1.82, 2.24) is 0 Å². The molecule has 0 unspecified atom stereocenters. The minimum Gasteiger partial charge on any atom is -0.545 e. The van der Waals surface area contributed by atoms with Crippen LogP contribution in [0.3, 0.4) is 0 Å². The van der Waals surface area contributed by atoms with E-state index in [0.29, 0.717) is 19.8 Å². The summed E-state index contributed by atoms with van der Waals surface area (Å²) in [6.45, 7) is 19.3. The molecule has 5 nitrogen and oxygen atoms in total. The average molecular weight is 619 g/mol. The summed E-state index contributed by atoms with van der Waals surface area (Å²) in [7, 11) is -4.22. The van der Waals surface area contributed by atoms with E-state index < -0.39 is 34.9 Å². The Morgan fingerprint density at radius 2 is 1.00 bits per heavy atom. The van der Waals surface area contributed by atoms with Crippen LogP contribution in [0.1, 0.15) is 37.5 Å². The van der Waals surface area contributed by atoms with Crippen molar-refractivity contribution in [2.75, 3.05) is 0 Å². The van der Waals surface area contributed by atoms with Crippen LogP contribution in [0, 0.1) is 0 Å². The van der Waals surface area contributed by atoms with Gasteiger partial charge in [0.2, 0.25) is 8.32 Å². The van der Waals surface area contributed by atoms with Crippen molar-refractivity contribution >= 4 is 16.6 Å². The van der Waals surface area contributed by atoms with Gasteiger partial charge in [0.15, 0.2) is 8.32 Å². The molecular formula is C36H50O5Si2. The Hall–Kier alpha value is -2.53. The molecule has 1 aliphatic rings. The Morgan fingerprint density at radius 1 is 0.581 bits per heavy atom. The van der Waals surface area contributed by atoms with Crippen molar-refractivity contribution in [1.29, 1.82) is 0 Å². The van der Waals surface area contributed by atoms with E-state index in [1.165, 1.54) is 0 Å². The van der Waals surface area contributed by atoms with E-state index in [9.17, 15) is 0 Å². The van der Waals surface area contributed by atoms with Crippen molar-refractivity contribution in [3.05, 3.63) is 120 Å². The van der Waals surface area contributed by atoms with Gasteiger partial charge in [0.05, 0.1) is 25.9 Å². The van der Waals surface area contributed by atoms with Crippen LogP contribution in [-0.2, 0) is 42.9 Å². The molecule has 0 N–H and O–H groups in total. The third-order valence-corrected chi connectivity index (χ3v) is 13.4. The fourth-order valence-corrected chi connectivity index (χ4v) is 6.91. The third kappa shape index (κ3) is 9.73. The molecule has 0 heterocycles. The van der Waals surface area contributed by atoms with E-state index in [0.717, 1.165) is 22.4 Å². The average Bonchev–Trinajstić information content (AvgIpc) is 2.95. The molecule has 0 bridgehead atoms. The first-order valence-corrected chi connectivity index (χ1v) is 21.7. The molecule has 0 aromatic heterocycles. The molecule has 0 aliphatic heterocycles. The second kappa shape index (κ2) is 14.5. The Bertz CT molecular complexity index is 1280. The summed E-state index contributed by atoms with van der Waals surface area (Å²) in [5.41, 5.74) is 3.29. The van der Waals surface area contributed by atoms with Gasteiger partial charge in [-0.3, -0.25) is 0 Å². The molecule has 43 heavy (non-hydrogen) atoms. The number of hydrogen-bond acceptors (Lipinski definition) is 5. The summed E-state index contributed by atoms with van der Waals surface area (Å²) in [5, 5.41) is 0.0195. The highest BCUT2D eigenvalue weighted by molar-refractivity contribution is 6.74. The van der Waals surface area contributed by atoms with Crippen molar-refractivity contribution in [3.8, 4) is 0 Å². The molecule has 4 atom stereocenters. The zero-order valence-electron chi connectivity index (χ0n) is 27.2. The number of hydrogen-bond donors (Lipinski definition) is 0. The van der Waals surface area contributed by atoms with Crippen molar-refractivity contribution in [2.24, 2.45) is 0 Å². The Morgan fingerprint density at radius 3 is 1.42 bits per heavy atom. The summed E-state index contributed by atoms with van der Waals surface area (Å²) < 4.78 is 34.3. The molecule has 0 fully saturated rings.